The predicted octanol–water partition coefficient (Wildman–Crippen LogP) is 1.91. The summed E-state index contributed by atoms with van der Waals surface area (Å²) in [4.78, 5) is 0. The van der Waals surface area contributed by atoms with Crippen LogP contribution in [0.15, 0.2) is 0 Å². The summed E-state index contributed by atoms with van der Waals surface area (Å²) < 4.78 is 0. The third-order valence-electron chi connectivity index (χ3n) is 3.33. The van der Waals surface area contributed by atoms with Gasteiger partial charge in [0, 0.05) is 5.54 Å². The summed E-state index contributed by atoms with van der Waals surface area (Å²) in [5.74, 6) is 0.992. The van der Waals surface area contributed by atoms with Gasteiger partial charge in [0.25, 0.3) is 0 Å². The van der Waals surface area contributed by atoms with Crippen LogP contribution in [0.4, 0.5) is 0 Å². The molecule has 0 spiro atoms. The van der Waals surface area contributed by atoms with Crippen molar-refractivity contribution in [3.05, 3.63) is 0 Å². The van der Waals surface area contributed by atoms with Crippen LogP contribution in [0.2, 0.25) is 0 Å². The van der Waals surface area contributed by atoms with Crippen molar-refractivity contribution in [2.45, 2.75) is 45.1 Å². The van der Waals surface area contributed by atoms with Crippen molar-refractivity contribution in [2.24, 2.45) is 17.1 Å². The first-order chi connectivity index (χ1) is 4.54. The number of rotatable bonds is 2. The van der Waals surface area contributed by atoms with Gasteiger partial charge < -0.3 is 5.73 Å². The maximum atomic E-state index is 6.17. The summed E-state index contributed by atoms with van der Waals surface area (Å²) in [6, 6.07) is 0. The second-order valence-electron chi connectivity index (χ2n) is 4.86. The van der Waals surface area contributed by atoms with E-state index in [-0.39, 0.29) is 5.54 Å². The van der Waals surface area contributed by atoms with Gasteiger partial charge in [-0.1, -0.05) is 26.7 Å². The molecule has 1 nitrogen and oxygen atoms in total. The Morgan fingerprint density at radius 3 is 2.20 bits per heavy atom. The van der Waals surface area contributed by atoms with Crippen LogP contribution in [-0.4, -0.2) is 5.54 Å². The maximum Gasteiger partial charge on any atom is 0.0215 e. The average molecular weight is 139 g/mol. The van der Waals surface area contributed by atoms with Crippen LogP contribution in [-0.2, 0) is 0 Å². The molecular weight excluding hydrogens is 122 g/mol. The molecular formula is C9H17N. The molecule has 0 aromatic heterocycles. The molecule has 2 saturated carbocycles. The largest absolute Gasteiger partial charge is 0.325 e. The molecule has 1 atom stereocenters. The summed E-state index contributed by atoms with van der Waals surface area (Å²) in [5.41, 5.74) is 6.85. The monoisotopic (exact) mass is 139 g/mol. The highest BCUT2D eigenvalue weighted by Crippen LogP contribution is 2.59. The van der Waals surface area contributed by atoms with Crippen molar-refractivity contribution < 1.29 is 0 Å². The zero-order valence-electron chi connectivity index (χ0n) is 6.98. The molecule has 0 bridgehead atoms. The van der Waals surface area contributed by atoms with E-state index < -0.39 is 0 Å². The minimum Gasteiger partial charge on any atom is -0.325 e. The minimum atomic E-state index is 0.230. The highest BCUT2D eigenvalue weighted by Gasteiger charge is 2.59. The first kappa shape index (κ1) is 6.66. The van der Waals surface area contributed by atoms with Gasteiger partial charge in [-0.2, -0.15) is 0 Å². The Kier molecular flexibility index (Phi) is 1.05. The van der Waals surface area contributed by atoms with Gasteiger partial charge in [0.1, 0.15) is 0 Å². The van der Waals surface area contributed by atoms with Gasteiger partial charge in [0.2, 0.25) is 0 Å². The first-order valence-corrected chi connectivity index (χ1v) is 4.32. The molecule has 1 heteroatoms. The summed E-state index contributed by atoms with van der Waals surface area (Å²) in [5, 5.41) is 0. The third kappa shape index (κ3) is 0.878. The summed E-state index contributed by atoms with van der Waals surface area (Å²) in [6.07, 6.45) is 5.42. The van der Waals surface area contributed by atoms with Crippen molar-refractivity contribution >= 4 is 0 Å². The minimum absolute atomic E-state index is 0.230. The molecule has 1 unspecified atom stereocenters. The van der Waals surface area contributed by atoms with Crippen molar-refractivity contribution in [3.63, 3.8) is 0 Å². The molecule has 0 heterocycles. The topological polar surface area (TPSA) is 26.0 Å². The highest BCUT2D eigenvalue weighted by molar-refractivity contribution is 5.16. The summed E-state index contributed by atoms with van der Waals surface area (Å²) >= 11 is 0. The molecule has 10 heavy (non-hydrogen) atoms. The van der Waals surface area contributed by atoms with Gasteiger partial charge >= 0.3 is 0 Å². The zero-order chi connectivity index (χ0) is 7.41. The predicted molar refractivity (Wildman–Crippen MR) is 42.7 cm³/mol. The normalized spacial score (nSPS) is 43.5. The number of hydrogen-bond donors (Lipinski definition) is 1. The van der Waals surface area contributed by atoms with E-state index in [0.717, 1.165) is 5.92 Å². The smallest absolute Gasteiger partial charge is 0.0215 e. The van der Waals surface area contributed by atoms with Crippen LogP contribution in [0, 0.1) is 11.3 Å². The van der Waals surface area contributed by atoms with Crippen molar-refractivity contribution in [3.8, 4) is 0 Å². The zero-order valence-corrected chi connectivity index (χ0v) is 6.98. The lowest BCUT2D eigenvalue weighted by Gasteiger charge is -2.13. The molecule has 58 valence electrons. The standard InChI is InChI=1S/C9H17N/c1-8(2)6-9(8,10)5-7-3-4-7/h7H,3-6,10H2,1-2H3. The van der Waals surface area contributed by atoms with Crippen LogP contribution >= 0.6 is 0 Å². The van der Waals surface area contributed by atoms with Crippen LogP contribution in [0.25, 0.3) is 0 Å². The number of nitrogens with two attached hydrogens (primary N) is 1. The Hall–Kier alpha value is -0.0400. The fourth-order valence-electron chi connectivity index (χ4n) is 1.93. The Labute approximate surface area is 63.0 Å². The fraction of sp³-hybridized carbons (Fsp3) is 1.00. The third-order valence-corrected chi connectivity index (χ3v) is 3.33. The number of hydrogen-bond acceptors (Lipinski definition) is 1. The van der Waals surface area contributed by atoms with E-state index in [1.165, 1.54) is 25.7 Å². The SMILES string of the molecule is CC1(C)CC1(N)CC1CC1. The lowest BCUT2D eigenvalue weighted by molar-refractivity contribution is 0.443. The van der Waals surface area contributed by atoms with Crippen LogP contribution in [0.1, 0.15) is 39.5 Å². The van der Waals surface area contributed by atoms with Crippen LogP contribution in [0.5, 0.6) is 0 Å². The van der Waals surface area contributed by atoms with Gasteiger partial charge in [-0.15, -0.1) is 0 Å². The maximum absolute atomic E-state index is 6.17. The summed E-state index contributed by atoms with van der Waals surface area (Å²) in [7, 11) is 0. The molecule has 0 radical (unpaired) electrons. The van der Waals surface area contributed by atoms with E-state index in [1.54, 1.807) is 0 Å². The van der Waals surface area contributed by atoms with Gasteiger partial charge in [-0.3, -0.25) is 0 Å². The Morgan fingerprint density at radius 1 is 1.40 bits per heavy atom. The van der Waals surface area contributed by atoms with Crippen molar-refractivity contribution in [2.75, 3.05) is 0 Å². The molecule has 2 fully saturated rings. The molecule has 2 N–H and O–H groups in total. The van der Waals surface area contributed by atoms with Gasteiger partial charge in [-0.25, -0.2) is 0 Å². The van der Waals surface area contributed by atoms with E-state index in [2.05, 4.69) is 13.8 Å². The van der Waals surface area contributed by atoms with E-state index in [0.29, 0.717) is 5.41 Å². The van der Waals surface area contributed by atoms with Gasteiger partial charge in [0.05, 0.1) is 0 Å². The van der Waals surface area contributed by atoms with E-state index >= 15 is 0 Å². The molecule has 0 amide bonds. The first-order valence-electron chi connectivity index (χ1n) is 4.32. The van der Waals surface area contributed by atoms with E-state index in [9.17, 15) is 0 Å². The van der Waals surface area contributed by atoms with Crippen molar-refractivity contribution in [1.82, 2.24) is 0 Å². The Morgan fingerprint density at radius 2 is 1.90 bits per heavy atom. The second-order valence-corrected chi connectivity index (χ2v) is 4.86. The Balaban J connectivity index is 1.92. The fourth-order valence-corrected chi connectivity index (χ4v) is 1.93. The lowest BCUT2D eigenvalue weighted by Crippen LogP contribution is -2.28. The van der Waals surface area contributed by atoms with Crippen LogP contribution in [0.3, 0.4) is 0 Å². The average Bonchev–Trinajstić information content (AvgIpc) is 2.54. The van der Waals surface area contributed by atoms with Crippen molar-refractivity contribution in [1.29, 1.82) is 0 Å². The quantitative estimate of drug-likeness (QED) is 0.621. The van der Waals surface area contributed by atoms with Crippen LogP contribution < -0.4 is 5.73 Å². The van der Waals surface area contributed by atoms with E-state index in [4.69, 9.17) is 5.73 Å². The molecule has 0 aromatic rings. The molecule has 0 saturated heterocycles. The van der Waals surface area contributed by atoms with E-state index in [1.807, 2.05) is 0 Å². The molecule has 2 rings (SSSR count). The summed E-state index contributed by atoms with van der Waals surface area (Å²) in [6.45, 7) is 4.57. The second kappa shape index (κ2) is 1.58. The van der Waals surface area contributed by atoms with Gasteiger partial charge in [0.15, 0.2) is 0 Å². The molecule has 2 aliphatic rings. The Bertz CT molecular complexity index is 158. The lowest BCUT2D eigenvalue weighted by atomic mass is 10.00. The highest BCUT2D eigenvalue weighted by atomic mass is 14.9. The van der Waals surface area contributed by atoms with Gasteiger partial charge in [-0.05, 0) is 24.2 Å². The molecule has 0 aliphatic heterocycles. The molecule has 2 aliphatic carbocycles. The molecule has 0 aromatic carbocycles.